The van der Waals surface area contributed by atoms with Crippen molar-refractivity contribution in [3.8, 4) is 0 Å². The number of hydrogen-bond donors (Lipinski definition) is 0. The molecular weight excluding hydrogens is 373 g/mol. The maximum atomic E-state index is 12.7. The van der Waals surface area contributed by atoms with Gasteiger partial charge in [0.1, 0.15) is 0 Å². The molecule has 1 aromatic rings. The second-order valence-electron chi connectivity index (χ2n) is 6.64. The number of rotatable bonds is 6. The van der Waals surface area contributed by atoms with E-state index in [-0.39, 0.29) is 26.1 Å². The van der Waals surface area contributed by atoms with Crippen LogP contribution in [-0.4, -0.2) is 25.2 Å². The summed E-state index contributed by atoms with van der Waals surface area (Å²) in [6.07, 6.45) is -0.680. The molecule has 2 rings (SSSR count). The Morgan fingerprint density at radius 1 is 1.00 bits per heavy atom. The highest BCUT2D eigenvalue weighted by Gasteiger charge is 2.52. The summed E-state index contributed by atoms with van der Waals surface area (Å²) in [4.78, 5) is 25.0. The molecule has 0 saturated carbocycles. The lowest BCUT2D eigenvalue weighted by Crippen LogP contribution is -2.40. The van der Waals surface area contributed by atoms with Crippen LogP contribution in [0.15, 0.2) is 41.5 Å². The number of ether oxygens (including phenoxy) is 2. The molecule has 0 unspecified atom stereocenters. The highest BCUT2D eigenvalue weighted by Crippen LogP contribution is 2.44. The molecule has 0 spiro atoms. The van der Waals surface area contributed by atoms with E-state index in [1.807, 2.05) is 6.92 Å². The van der Waals surface area contributed by atoms with Gasteiger partial charge in [-0.3, -0.25) is 9.59 Å². The zero-order chi connectivity index (χ0) is 20.9. The van der Waals surface area contributed by atoms with Crippen LogP contribution in [0.5, 0.6) is 0 Å². The third-order valence-electron chi connectivity index (χ3n) is 4.65. The molecule has 0 aromatic heterocycles. The van der Waals surface area contributed by atoms with E-state index in [0.717, 1.165) is 23.3 Å². The van der Waals surface area contributed by atoms with E-state index < -0.39 is 29.1 Å². The molecule has 0 atom stereocenters. The molecule has 0 fully saturated rings. The van der Waals surface area contributed by atoms with E-state index in [1.54, 1.807) is 26.0 Å². The average molecular weight is 396 g/mol. The van der Waals surface area contributed by atoms with Crippen molar-refractivity contribution in [3.63, 3.8) is 0 Å². The number of allylic oxidation sites excluding steroid dienone is 3. The highest BCUT2D eigenvalue weighted by atomic mass is 19.4. The van der Waals surface area contributed by atoms with E-state index in [4.69, 9.17) is 9.47 Å². The van der Waals surface area contributed by atoms with Gasteiger partial charge in [-0.2, -0.15) is 13.2 Å². The molecule has 0 radical (unpaired) electrons. The Balaban J connectivity index is 2.22. The zero-order valence-corrected chi connectivity index (χ0v) is 16.1. The van der Waals surface area contributed by atoms with Gasteiger partial charge in [0.25, 0.3) is 0 Å². The first kappa shape index (κ1) is 21.7. The average Bonchev–Trinajstić information content (AvgIpc) is 2.98. The maximum absolute atomic E-state index is 12.7. The topological polar surface area (TPSA) is 52.6 Å². The predicted molar refractivity (Wildman–Crippen MR) is 98.1 cm³/mol. The summed E-state index contributed by atoms with van der Waals surface area (Å²) in [5.74, 6) is -1.24. The summed E-state index contributed by atoms with van der Waals surface area (Å²) in [5, 5.41) is 0. The van der Waals surface area contributed by atoms with Gasteiger partial charge in [0.05, 0.1) is 18.8 Å². The van der Waals surface area contributed by atoms with Crippen LogP contribution >= 0.6 is 0 Å². The molecule has 0 N–H and O–H groups in total. The standard InChI is InChI=1S/C21H23F3O4/c1-4-27-18(25)20(19(26)28-5-2)12-14(3)16(13-20)9-6-15-7-10-17(11-8-15)21(22,23)24/h6-11H,4-5,12-13H2,1-3H3/b9-6-. The van der Waals surface area contributed by atoms with Gasteiger partial charge in [-0.25, -0.2) is 0 Å². The fraction of sp³-hybridized carbons (Fsp3) is 0.429. The summed E-state index contributed by atoms with van der Waals surface area (Å²) in [6.45, 7) is 5.44. The van der Waals surface area contributed by atoms with Crippen LogP contribution in [0.25, 0.3) is 6.08 Å². The second-order valence-corrected chi connectivity index (χ2v) is 6.64. The minimum atomic E-state index is -4.38. The van der Waals surface area contributed by atoms with Gasteiger partial charge in [0.2, 0.25) is 0 Å². The van der Waals surface area contributed by atoms with Gasteiger partial charge in [-0.1, -0.05) is 29.9 Å². The van der Waals surface area contributed by atoms with Crippen molar-refractivity contribution in [2.75, 3.05) is 13.2 Å². The Labute approximate surface area is 162 Å². The molecule has 1 aromatic carbocycles. The number of carbonyl (C=O) groups excluding carboxylic acids is 2. The number of alkyl halides is 3. The fourth-order valence-corrected chi connectivity index (χ4v) is 3.20. The number of esters is 2. The smallest absolute Gasteiger partial charge is 0.416 e. The first-order valence-electron chi connectivity index (χ1n) is 9.02. The van der Waals surface area contributed by atoms with E-state index in [1.165, 1.54) is 12.1 Å². The van der Waals surface area contributed by atoms with Crippen LogP contribution in [0.3, 0.4) is 0 Å². The lowest BCUT2D eigenvalue weighted by Gasteiger charge is -2.24. The van der Waals surface area contributed by atoms with Gasteiger partial charge in [0.15, 0.2) is 5.41 Å². The first-order chi connectivity index (χ1) is 13.1. The van der Waals surface area contributed by atoms with Crippen molar-refractivity contribution in [1.29, 1.82) is 0 Å². The van der Waals surface area contributed by atoms with Crippen LogP contribution < -0.4 is 0 Å². The molecule has 28 heavy (non-hydrogen) atoms. The molecule has 0 heterocycles. The SMILES string of the molecule is CCOC(=O)C1(C(=O)OCC)CC(C)=C(/C=C\c2ccc(C(F)(F)F)cc2)C1. The monoisotopic (exact) mass is 396 g/mol. The molecule has 7 heteroatoms. The number of hydrogen-bond acceptors (Lipinski definition) is 4. The summed E-state index contributed by atoms with van der Waals surface area (Å²) in [5.41, 5.74) is 0.0588. The molecular formula is C21H23F3O4. The minimum Gasteiger partial charge on any atom is -0.465 e. The third kappa shape index (κ3) is 4.64. The predicted octanol–water partition coefficient (Wildman–Crippen LogP) is 4.94. The summed E-state index contributed by atoms with van der Waals surface area (Å²) < 4.78 is 48.2. The Kier molecular flexibility index (Phi) is 6.69. The molecule has 0 saturated heterocycles. The van der Waals surface area contributed by atoms with E-state index in [0.29, 0.717) is 5.56 Å². The number of halogens is 3. The first-order valence-corrected chi connectivity index (χ1v) is 9.02. The Morgan fingerprint density at radius 2 is 1.54 bits per heavy atom. The van der Waals surface area contributed by atoms with Crippen molar-refractivity contribution < 1.29 is 32.2 Å². The lowest BCUT2D eigenvalue weighted by molar-refractivity contribution is -0.171. The van der Waals surface area contributed by atoms with Crippen molar-refractivity contribution in [1.82, 2.24) is 0 Å². The molecule has 1 aliphatic rings. The molecule has 1 aliphatic carbocycles. The summed E-state index contributed by atoms with van der Waals surface area (Å²) in [6, 6.07) is 4.76. The number of benzene rings is 1. The number of carbonyl (C=O) groups is 2. The molecule has 0 amide bonds. The molecule has 0 bridgehead atoms. The Bertz CT molecular complexity index is 771. The van der Waals surface area contributed by atoms with Crippen LogP contribution in [0.2, 0.25) is 0 Å². The van der Waals surface area contributed by atoms with Gasteiger partial charge in [0, 0.05) is 0 Å². The van der Waals surface area contributed by atoms with E-state index >= 15 is 0 Å². The van der Waals surface area contributed by atoms with Crippen LogP contribution in [0.4, 0.5) is 13.2 Å². The van der Waals surface area contributed by atoms with Crippen LogP contribution in [0.1, 0.15) is 44.7 Å². The zero-order valence-electron chi connectivity index (χ0n) is 16.1. The fourth-order valence-electron chi connectivity index (χ4n) is 3.20. The highest BCUT2D eigenvalue weighted by molar-refractivity contribution is 6.01. The van der Waals surface area contributed by atoms with Crippen molar-refractivity contribution in [3.05, 3.63) is 52.6 Å². The van der Waals surface area contributed by atoms with E-state index in [2.05, 4.69) is 0 Å². The second kappa shape index (κ2) is 8.63. The van der Waals surface area contributed by atoms with Gasteiger partial charge < -0.3 is 9.47 Å². The molecule has 152 valence electrons. The normalized spacial score (nSPS) is 16.5. The largest absolute Gasteiger partial charge is 0.465 e. The van der Waals surface area contributed by atoms with Gasteiger partial charge in [-0.15, -0.1) is 0 Å². The van der Waals surface area contributed by atoms with Crippen molar-refractivity contribution in [2.24, 2.45) is 5.41 Å². The minimum absolute atomic E-state index is 0.133. The maximum Gasteiger partial charge on any atom is 0.416 e. The summed E-state index contributed by atoms with van der Waals surface area (Å²) >= 11 is 0. The third-order valence-corrected chi connectivity index (χ3v) is 4.65. The van der Waals surface area contributed by atoms with Crippen molar-refractivity contribution in [2.45, 2.75) is 39.8 Å². The van der Waals surface area contributed by atoms with Crippen molar-refractivity contribution >= 4 is 18.0 Å². The Morgan fingerprint density at radius 3 is 2.00 bits per heavy atom. The van der Waals surface area contributed by atoms with Gasteiger partial charge in [-0.05, 0) is 56.9 Å². The van der Waals surface area contributed by atoms with E-state index in [9.17, 15) is 22.8 Å². The van der Waals surface area contributed by atoms with Gasteiger partial charge >= 0.3 is 18.1 Å². The molecule has 0 aliphatic heterocycles. The lowest BCUT2D eigenvalue weighted by atomic mass is 9.83. The van der Waals surface area contributed by atoms with Crippen LogP contribution in [0, 0.1) is 5.41 Å². The molecule has 4 nitrogen and oxygen atoms in total. The van der Waals surface area contributed by atoms with Crippen LogP contribution in [-0.2, 0) is 25.2 Å². The quantitative estimate of drug-likeness (QED) is 0.505. The Hall–Kier alpha value is -2.57. The summed E-state index contributed by atoms with van der Waals surface area (Å²) in [7, 11) is 0.